The highest BCUT2D eigenvalue weighted by molar-refractivity contribution is 5.85. The minimum absolute atomic E-state index is 0. The fourth-order valence-corrected chi connectivity index (χ4v) is 4.03. The summed E-state index contributed by atoms with van der Waals surface area (Å²) in [6, 6.07) is 10.6. The van der Waals surface area contributed by atoms with Gasteiger partial charge in [-0.25, -0.2) is 0 Å². The summed E-state index contributed by atoms with van der Waals surface area (Å²) in [5, 5.41) is 0. The van der Waals surface area contributed by atoms with E-state index in [9.17, 15) is 4.79 Å². The van der Waals surface area contributed by atoms with E-state index in [4.69, 9.17) is 5.73 Å². The van der Waals surface area contributed by atoms with E-state index in [1.807, 2.05) is 0 Å². The zero-order valence-electron chi connectivity index (χ0n) is 14.2. The first-order valence-electron chi connectivity index (χ1n) is 8.52. The Morgan fingerprint density at radius 1 is 0.958 bits per heavy atom. The second-order valence-electron chi connectivity index (χ2n) is 6.71. The summed E-state index contributed by atoms with van der Waals surface area (Å²) >= 11 is 0. The van der Waals surface area contributed by atoms with Crippen molar-refractivity contribution in [2.24, 2.45) is 5.73 Å². The molecular formula is C18H29Cl2N3O. The summed E-state index contributed by atoms with van der Waals surface area (Å²) in [7, 11) is 0. The quantitative estimate of drug-likeness (QED) is 0.882. The van der Waals surface area contributed by atoms with Crippen LogP contribution in [0.3, 0.4) is 0 Å². The number of amides is 1. The van der Waals surface area contributed by atoms with Crippen LogP contribution in [0, 0.1) is 0 Å². The molecule has 1 heterocycles. The van der Waals surface area contributed by atoms with Crippen LogP contribution < -0.4 is 5.73 Å². The third-order valence-corrected chi connectivity index (χ3v) is 5.37. The molecule has 0 aromatic heterocycles. The van der Waals surface area contributed by atoms with Gasteiger partial charge in [0.2, 0.25) is 5.91 Å². The van der Waals surface area contributed by atoms with Crippen LogP contribution in [0.15, 0.2) is 30.3 Å². The Labute approximate surface area is 157 Å². The van der Waals surface area contributed by atoms with Gasteiger partial charge < -0.3 is 5.73 Å². The molecule has 1 aliphatic carbocycles. The topological polar surface area (TPSA) is 49.6 Å². The van der Waals surface area contributed by atoms with E-state index in [1.54, 1.807) is 0 Å². The van der Waals surface area contributed by atoms with E-state index in [-0.39, 0.29) is 36.3 Å². The number of primary amides is 1. The van der Waals surface area contributed by atoms with Crippen molar-refractivity contribution < 1.29 is 4.79 Å². The Bertz CT molecular complexity index is 498. The summed E-state index contributed by atoms with van der Waals surface area (Å²) in [6.07, 6.45) is 5.39. The van der Waals surface area contributed by atoms with Crippen molar-refractivity contribution >= 4 is 30.7 Å². The zero-order chi connectivity index (χ0) is 15.4. The number of carbonyl (C=O) groups excluding carboxylic acids is 1. The van der Waals surface area contributed by atoms with Crippen molar-refractivity contribution in [2.45, 2.75) is 44.2 Å². The largest absolute Gasteiger partial charge is 0.368 e. The summed E-state index contributed by atoms with van der Waals surface area (Å²) in [4.78, 5) is 17.0. The average molecular weight is 374 g/mol. The number of piperazine rings is 1. The van der Waals surface area contributed by atoms with Gasteiger partial charge in [0.1, 0.15) is 5.54 Å². The molecular weight excluding hydrogens is 345 g/mol. The first kappa shape index (κ1) is 21.2. The van der Waals surface area contributed by atoms with E-state index in [0.29, 0.717) is 0 Å². The van der Waals surface area contributed by atoms with Crippen LogP contribution in [0.1, 0.15) is 37.7 Å². The molecule has 1 aliphatic heterocycles. The molecule has 2 fully saturated rings. The molecule has 2 aliphatic rings. The van der Waals surface area contributed by atoms with Crippen LogP contribution in [0.25, 0.3) is 0 Å². The van der Waals surface area contributed by atoms with Crippen molar-refractivity contribution in [1.82, 2.24) is 9.80 Å². The van der Waals surface area contributed by atoms with Gasteiger partial charge >= 0.3 is 0 Å². The average Bonchev–Trinajstić information content (AvgIpc) is 2.57. The minimum atomic E-state index is -0.364. The zero-order valence-corrected chi connectivity index (χ0v) is 15.8. The van der Waals surface area contributed by atoms with Gasteiger partial charge in [0.25, 0.3) is 0 Å². The second-order valence-corrected chi connectivity index (χ2v) is 6.71. The third-order valence-electron chi connectivity index (χ3n) is 5.37. The number of benzene rings is 1. The van der Waals surface area contributed by atoms with Gasteiger partial charge in [-0.2, -0.15) is 0 Å². The monoisotopic (exact) mass is 373 g/mol. The summed E-state index contributed by atoms with van der Waals surface area (Å²) in [6.45, 7) is 4.94. The predicted octanol–water partition coefficient (Wildman–Crippen LogP) is 2.84. The Morgan fingerprint density at radius 2 is 1.54 bits per heavy atom. The van der Waals surface area contributed by atoms with Crippen molar-refractivity contribution in [3.05, 3.63) is 35.9 Å². The van der Waals surface area contributed by atoms with Crippen LogP contribution in [0.2, 0.25) is 0 Å². The Balaban J connectivity index is 0.00000144. The van der Waals surface area contributed by atoms with Gasteiger partial charge in [0.05, 0.1) is 0 Å². The predicted molar refractivity (Wildman–Crippen MR) is 103 cm³/mol. The molecule has 0 radical (unpaired) electrons. The van der Waals surface area contributed by atoms with Gasteiger partial charge in [-0.1, -0.05) is 49.6 Å². The molecule has 1 aromatic carbocycles. The lowest BCUT2D eigenvalue weighted by molar-refractivity contribution is -0.134. The van der Waals surface area contributed by atoms with E-state index in [0.717, 1.165) is 58.4 Å². The van der Waals surface area contributed by atoms with Crippen molar-refractivity contribution in [1.29, 1.82) is 0 Å². The van der Waals surface area contributed by atoms with E-state index >= 15 is 0 Å². The first-order valence-corrected chi connectivity index (χ1v) is 8.52. The Hall–Kier alpha value is -0.810. The summed E-state index contributed by atoms with van der Waals surface area (Å²) < 4.78 is 0. The molecule has 24 heavy (non-hydrogen) atoms. The molecule has 4 nitrogen and oxygen atoms in total. The maximum Gasteiger partial charge on any atom is 0.237 e. The molecule has 0 atom stereocenters. The van der Waals surface area contributed by atoms with E-state index in [2.05, 4.69) is 40.1 Å². The fourth-order valence-electron chi connectivity index (χ4n) is 4.03. The number of rotatable bonds is 4. The van der Waals surface area contributed by atoms with Crippen LogP contribution in [-0.2, 0) is 11.3 Å². The lowest BCUT2D eigenvalue weighted by atomic mass is 9.79. The number of nitrogens with two attached hydrogens (primary N) is 1. The van der Waals surface area contributed by atoms with Gasteiger partial charge in [-0.05, 0) is 18.4 Å². The molecule has 6 heteroatoms. The van der Waals surface area contributed by atoms with Gasteiger partial charge in [0.15, 0.2) is 0 Å². The maximum atomic E-state index is 12.1. The van der Waals surface area contributed by atoms with Crippen molar-refractivity contribution in [3.8, 4) is 0 Å². The number of hydrogen-bond donors (Lipinski definition) is 1. The highest BCUT2D eigenvalue weighted by Crippen LogP contribution is 2.34. The standard InChI is InChI=1S/C18H27N3O.2ClH/c19-17(22)18(9-5-2-6-10-18)21-13-11-20(12-14-21)15-16-7-3-1-4-8-16;;/h1,3-4,7-8H,2,5-6,9-15H2,(H2,19,22);2*1H. The number of hydrogen-bond acceptors (Lipinski definition) is 3. The van der Waals surface area contributed by atoms with Crippen LogP contribution in [0.4, 0.5) is 0 Å². The first-order chi connectivity index (χ1) is 10.7. The molecule has 1 saturated heterocycles. The van der Waals surface area contributed by atoms with Gasteiger partial charge in [0, 0.05) is 32.7 Å². The molecule has 0 bridgehead atoms. The highest BCUT2D eigenvalue weighted by Gasteiger charge is 2.44. The lowest BCUT2D eigenvalue weighted by Gasteiger charge is -2.47. The smallest absolute Gasteiger partial charge is 0.237 e. The van der Waals surface area contributed by atoms with Crippen molar-refractivity contribution in [3.63, 3.8) is 0 Å². The van der Waals surface area contributed by atoms with Gasteiger partial charge in [-0.3, -0.25) is 14.6 Å². The molecule has 0 spiro atoms. The van der Waals surface area contributed by atoms with Crippen LogP contribution >= 0.6 is 24.8 Å². The van der Waals surface area contributed by atoms with Crippen LogP contribution in [0.5, 0.6) is 0 Å². The summed E-state index contributed by atoms with van der Waals surface area (Å²) in [5.74, 6) is -0.108. The molecule has 1 amide bonds. The highest BCUT2D eigenvalue weighted by atomic mass is 35.5. The van der Waals surface area contributed by atoms with Crippen molar-refractivity contribution in [2.75, 3.05) is 26.2 Å². The number of carbonyl (C=O) groups is 1. The molecule has 3 rings (SSSR count). The van der Waals surface area contributed by atoms with Crippen LogP contribution in [-0.4, -0.2) is 47.4 Å². The normalized spacial score (nSPS) is 21.3. The lowest BCUT2D eigenvalue weighted by Crippen LogP contribution is -2.63. The third kappa shape index (κ3) is 4.63. The second kappa shape index (κ2) is 9.62. The Kier molecular flexibility index (Phi) is 8.51. The molecule has 0 unspecified atom stereocenters. The molecule has 1 saturated carbocycles. The number of halogens is 2. The fraction of sp³-hybridized carbons (Fsp3) is 0.611. The van der Waals surface area contributed by atoms with E-state index in [1.165, 1.54) is 12.0 Å². The summed E-state index contributed by atoms with van der Waals surface area (Å²) in [5.41, 5.74) is 6.79. The SMILES string of the molecule is Cl.Cl.NC(=O)C1(N2CCN(Cc3ccccc3)CC2)CCCCC1. The van der Waals surface area contributed by atoms with E-state index < -0.39 is 0 Å². The maximum absolute atomic E-state index is 12.1. The molecule has 2 N–H and O–H groups in total. The number of nitrogens with zero attached hydrogens (tertiary/aromatic N) is 2. The molecule has 1 aromatic rings. The minimum Gasteiger partial charge on any atom is -0.368 e. The van der Waals surface area contributed by atoms with Gasteiger partial charge in [-0.15, -0.1) is 24.8 Å². The Morgan fingerprint density at radius 3 is 2.08 bits per heavy atom. The molecule has 136 valence electrons.